The molecule has 0 bridgehead atoms. The zero-order chi connectivity index (χ0) is 16.2. The number of carbonyl (C=O) groups is 1. The van der Waals surface area contributed by atoms with Crippen molar-refractivity contribution in [1.29, 1.82) is 0 Å². The third-order valence-electron chi connectivity index (χ3n) is 3.62. The first-order chi connectivity index (χ1) is 10.5. The average Bonchev–Trinajstić information content (AvgIpc) is 2.92. The highest BCUT2D eigenvalue weighted by Crippen LogP contribution is 2.48. The van der Waals surface area contributed by atoms with E-state index in [1.54, 1.807) is 11.8 Å². The van der Waals surface area contributed by atoms with Crippen LogP contribution in [0.2, 0.25) is 0 Å². The maximum absolute atomic E-state index is 12.0. The van der Waals surface area contributed by atoms with Crippen LogP contribution in [-0.2, 0) is 27.9 Å². The second kappa shape index (κ2) is 7.93. The van der Waals surface area contributed by atoms with Gasteiger partial charge in [0.2, 0.25) is 0 Å². The van der Waals surface area contributed by atoms with Crippen molar-refractivity contribution in [2.75, 3.05) is 27.0 Å². The van der Waals surface area contributed by atoms with Gasteiger partial charge in [-0.05, 0) is 12.8 Å². The van der Waals surface area contributed by atoms with Crippen LogP contribution in [-0.4, -0.2) is 55.6 Å². The normalized spacial score (nSPS) is 28.1. The molecule has 0 aromatic rings. The predicted molar refractivity (Wildman–Crippen MR) is 84.5 cm³/mol. The number of thioether (sulfide) groups is 1. The number of rotatable bonds is 7. The number of hydrogen-bond donors (Lipinski definition) is 0. The summed E-state index contributed by atoms with van der Waals surface area (Å²) in [6, 6.07) is 0.123. The molecule has 1 saturated heterocycles. The number of fused-ring (bicyclic) bond motifs is 1. The minimum Gasteiger partial charge on any atom is -0.463 e. The number of hydrogen-bond acceptors (Lipinski definition) is 8. The van der Waals surface area contributed by atoms with Crippen molar-refractivity contribution < 1.29 is 27.9 Å². The summed E-state index contributed by atoms with van der Waals surface area (Å²) in [7, 11) is -0.230. The van der Waals surface area contributed by atoms with Crippen molar-refractivity contribution in [2.24, 2.45) is 4.99 Å². The van der Waals surface area contributed by atoms with Gasteiger partial charge in [0.05, 0.1) is 23.4 Å². The number of ether oxygens (including phenoxy) is 2. The Labute approximate surface area is 134 Å². The largest absolute Gasteiger partial charge is 0.463 e. The second-order valence-corrected chi connectivity index (χ2v) is 8.74. The minimum atomic E-state index is -3.00. The summed E-state index contributed by atoms with van der Waals surface area (Å²) < 4.78 is 32.8. The van der Waals surface area contributed by atoms with Gasteiger partial charge in [-0.2, -0.15) is 0 Å². The van der Waals surface area contributed by atoms with Crippen LogP contribution in [0.3, 0.4) is 0 Å². The van der Waals surface area contributed by atoms with Gasteiger partial charge in [-0.25, -0.2) is 0 Å². The van der Waals surface area contributed by atoms with Crippen molar-refractivity contribution >= 4 is 30.4 Å². The van der Waals surface area contributed by atoms with Gasteiger partial charge in [-0.1, -0.05) is 11.8 Å². The SMILES string of the molecule is COP(=O)(CCC1=NC2CCC(COC(C)=O)OC2S1)OC. The fourth-order valence-corrected chi connectivity index (χ4v) is 4.77. The topological polar surface area (TPSA) is 83.4 Å². The molecule has 2 aliphatic heterocycles. The van der Waals surface area contributed by atoms with Crippen LogP contribution in [0, 0.1) is 0 Å². The van der Waals surface area contributed by atoms with Crippen molar-refractivity contribution in [3.05, 3.63) is 0 Å². The molecule has 2 aliphatic rings. The van der Waals surface area contributed by atoms with E-state index in [0.29, 0.717) is 12.6 Å². The molecule has 0 N–H and O–H groups in total. The Hall–Kier alpha value is -0.400. The van der Waals surface area contributed by atoms with E-state index in [1.807, 2.05) is 0 Å². The number of nitrogens with zero attached hydrogens (tertiary/aromatic N) is 1. The van der Waals surface area contributed by atoms with E-state index in [9.17, 15) is 9.36 Å². The Bertz CT molecular complexity index is 477. The van der Waals surface area contributed by atoms with Gasteiger partial charge in [0.25, 0.3) is 0 Å². The van der Waals surface area contributed by atoms with Crippen molar-refractivity contribution in [3.8, 4) is 0 Å². The zero-order valence-corrected chi connectivity index (χ0v) is 14.7. The van der Waals surface area contributed by atoms with Gasteiger partial charge in [0.1, 0.15) is 12.0 Å². The van der Waals surface area contributed by atoms with Crippen LogP contribution in [0.1, 0.15) is 26.2 Å². The predicted octanol–water partition coefficient (Wildman–Crippen LogP) is 2.44. The Balaban J connectivity index is 1.81. The molecule has 7 nitrogen and oxygen atoms in total. The van der Waals surface area contributed by atoms with E-state index in [-0.39, 0.29) is 30.2 Å². The maximum Gasteiger partial charge on any atom is 0.330 e. The van der Waals surface area contributed by atoms with Gasteiger partial charge in [0, 0.05) is 27.6 Å². The molecule has 22 heavy (non-hydrogen) atoms. The van der Waals surface area contributed by atoms with Crippen LogP contribution in [0.15, 0.2) is 4.99 Å². The minimum absolute atomic E-state index is 0.0474. The molecule has 1 fully saturated rings. The van der Waals surface area contributed by atoms with Gasteiger partial charge < -0.3 is 18.5 Å². The lowest BCUT2D eigenvalue weighted by molar-refractivity contribution is -0.147. The molecule has 0 amide bonds. The van der Waals surface area contributed by atoms with Gasteiger partial charge in [-0.3, -0.25) is 14.4 Å². The maximum atomic E-state index is 12.0. The highest BCUT2D eigenvalue weighted by Gasteiger charge is 2.37. The highest BCUT2D eigenvalue weighted by atomic mass is 32.2. The summed E-state index contributed by atoms with van der Waals surface area (Å²) in [4.78, 5) is 15.5. The number of esters is 1. The lowest BCUT2D eigenvalue weighted by atomic mass is 10.1. The first-order valence-corrected chi connectivity index (χ1v) is 9.79. The molecule has 0 aromatic heterocycles. The fourth-order valence-electron chi connectivity index (χ4n) is 2.37. The molecular weight excluding hydrogens is 329 g/mol. The molecule has 2 rings (SSSR count). The van der Waals surface area contributed by atoms with E-state index in [4.69, 9.17) is 18.5 Å². The zero-order valence-electron chi connectivity index (χ0n) is 13.0. The van der Waals surface area contributed by atoms with E-state index in [2.05, 4.69) is 4.99 Å². The lowest BCUT2D eigenvalue weighted by Gasteiger charge is -2.30. The molecular formula is C13H22NO6PS. The summed E-state index contributed by atoms with van der Waals surface area (Å²) in [5.74, 6) is -0.295. The smallest absolute Gasteiger partial charge is 0.330 e. The summed E-state index contributed by atoms with van der Waals surface area (Å²) in [5.41, 5.74) is -0.0474. The third kappa shape index (κ3) is 4.80. The molecule has 3 unspecified atom stereocenters. The Morgan fingerprint density at radius 2 is 2.14 bits per heavy atom. The van der Waals surface area contributed by atoms with E-state index in [1.165, 1.54) is 21.1 Å². The van der Waals surface area contributed by atoms with Crippen LogP contribution in [0.25, 0.3) is 0 Å². The van der Waals surface area contributed by atoms with Crippen LogP contribution in [0.4, 0.5) is 0 Å². The van der Waals surface area contributed by atoms with Crippen LogP contribution >= 0.6 is 19.4 Å². The Kier molecular flexibility index (Phi) is 6.46. The first-order valence-electron chi connectivity index (χ1n) is 7.18. The van der Waals surface area contributed by atoms with E-state index >= 15 is 0 Å². The Morgan fingerprint density at radius 3 is 2.77 bits per heavy atom. The molecule has 9 heteroatoms. The van der Waals surface area contributed by atoms with E-state index in [0.717, 1.165) is 17.9 Å². The average molecular weight is 351 g/mol. The standard InChI is InChI=1S/C13H22NO6PS/c1-9(15)19-8-10-4-5-11-13(20-10)22-12(14-11)6-7-21(16,17-2)18-3/h10-11,13H,4-8H2,1-3H3. The molecule has 126 valence electrons. The molecule has 0 spiro atoms. The molecule has 2 heterocycles. The number of carbonyl (C=O) groups excluding carboxylic acids is 1. The first kappa shape index (κ1) is 17.9. The summed E-state index contributed by atoms with van der Waals surface area (Å²) in [6.45, 7) is 1.68. The molecule has 0 aromatic carbocycles. The molecule has 0 aliphatic carbocycles. The van der Waals surface area contributed by atoms with Gasteiger partial charge in [0.15, 0.2) is 0 Å². The number of aliphatic imine (C=N–C) groups is 1. The Morgan fingerprint density at radius 1 is 1.41 bits per heavy atom. The van der Waals surface area contributed by atoms with Crippen LogP contribution in [0.5, 0.6) is 0 Å². The highest BCUT2D eigenvalue weighted by molar-refractivity contribution is 8.14. The lowest BCUT2D eigenvalue weighted by Crippen LogP contribution is -2.36. The van der Waals surface area contributed by atoms with Crippen molar-refractivity contribution in [2.45, 2.75) is 43.8 Å². The van der Waals surface area contributed by atoms with Crippen molar-refractivity contribution in [3.63, 3.8) is 0 Å². The molecule has 0 saturated carbocycles. The summed E-state index contributed by atoms with van der Waals surface area (Å²) in [6.07, 6.45) is 2.51. The molecule has 0 radical (unpaired) electrons. The van der Waals surface area contributed by atoms with Crippen LogP contribution < -0.4 is 0 Å². The monoisotopic (exact) mass is 351 g/mol. The van der Waals surface area contributed by atoms with Gasteiger partial charge >= 0.3 is 13.6 Å². The quantitative estimate of drug-likeness (QED) is 0.514. The molecule has 3 atom stereocenters. The summed E-state index contributed by atoms with van der Waals surface area (Å²) in [5, 5.41) is 0.914. The van der Waals surface area contributed by atoms with E-state index < -0.39 is 7.60 Å². The summed E-state index contributed by atoms with van der Waals surface area (Å²) >= 11 is 1.55. The van der Waals surface area contributed by atoms with Crippen molar-refractivity contribution in [1.82, 2.24) is 0 Å². The third-order valence-corrected chi connectivity index (χ3v) is 6.74. The van der Waals surface area contributed by atoms with Gasteiger partial charge in [-0.15, -0.1) is 0 Å². The second-order valence-electron chi connectivity index (χ2n) is 5.16. The fraction of sp³-hybridized carbons (Fsp3) is 0.846.